The number of carbonyl (C=O) groups excluding carboxylic acids is 1. The molecule has 0 N–H and O–H groups in total. The minimum atomic E-state index is -1.31. The first-order chi connectivity index (χ1) is 17.3. The van der Waals surface area contributed by atoms with Crippen molar-refractivity contribution in [3.8, 4) is 11.1 Å². The van der Waals surface area contributed by atoms with Crippen molar-refractivity contribution in [2.24, 2.45) is 23.7 Å². The standard InChI is InChI=1S/C31H38F4O/c1-3-4-5-6-20-8-10-21(11-9-20)22-12-14-23(15-13-22)31(36)26-18-17-25(29(34)30(26)35)24-16-7-19(2)27(32)28(24)33/h7,16-18,20-23H,3-6,8-15H2,1-2H3. The lowest BCUT2D eigenvalue weighted by molar-refractivity contribution is 0.0823. The molecule has 2 aromatic rings. The summed E-state index contributed by atoms with van der Waals surface area (Å²) >= 11 is 0. The molecule has 5 heteroatoms. The van der Waals surface area contributed by atoms with E-state index in [2.05, 4.69) is 6.92 Å². The highest BCUT2D eigenvalue weighted by Crippen LogP contribution is 2.43. The Morgan fingerprint density at radius 3 is 1.89 bits per heavy atom. The van der Waals surface area contributed by atoms with E-state index in [1.807, 2.05) is 0 Å². The largest absolute Gasteiger partial charge is 0.294 e. The van der Waals surface area contributed by atoms with Crippen molar-refractivity contribution >= 4 is 5.78 Å². The van der Waals surface area contributed by atoms with E-state index in [1.165, 1.54) is 82.6 Å². The lowest BCUT2D eigenvalue weighted by Gasteiger charge is -2.37. The second-order valence-corrected chi connectivity index (χ2v) is 11.1. The maximum atomic E-state index is 15.0. The van der Waals surface area contributed by atoms with Gasteiger partial charge < -0.3 is 0 Å². The molecular weight excluding hydrogens is 464 g/mol. The van der Waals surface area contributed by atoms with E-state index in [0.29, 0.717) is 18.8 Å². The molecule has 2 aromatic carbocycles. The van der Waals surface area contributed by atoms with Gasteiger partial charge in [0.15, 0.2) is 29.1 Å². The lowest BCUT2D eigenvalue weighted by Crippen LogP contribution is -2.28. The number of ketones is 1. The van der Waals surface area contributed by atoms with Crippen LogP contribution in [0.25, 0.3) is 11.1 Å². The van der Waals surface area contributed by atoms with Crippen LogP contribution < -0.4 is 0 Å². The molecule has 0 spiro atoms. The summed E-state index contributed by atoms with van der Waals surface area (Å²) in [5, 5.41) is 0. The molecule has 2 saturated carbocycles. The van der Waals surface area contributed by atoms with E-state index in [1.54, 1.807) is 0 Å². The van der Waals surface area contributed by atoms with Crippen molar-refractivity contribution < 1.29 is 22.4 Å². The lowest BCUT2D eigenvalue weighted by atomic mass is 9.68. The van der Waals surface area contributed by atoms with Crippen LogP contribution >= 0.6 is 0 Å². The number of hydrogen-bond acceptors (Lipinski definition) is 1. The number of rotatable bonds is 8. The van der Waals surface area contributed by atoms with Crippen LogP contribution in [-0.2, 0) is 0 Å². The molecule has 0 aliphatic heterocycles. The van der Waals surface area contributed by atoms with E-state index in [-0.39, 0.29) is 34.0 Å². The van der Waals surface area contributed by atoms with Crippen LogP contribution in [0.2, 0.25) is 0 Å². The fourth-order valence-electron chi connectivity index (χ4n) is 6.51. The maximum Gasteiger partial charge on any atom is 0.170 e. The van der Waals surface area contributed by atoms with Gasteiger partial charge in [-0.3, -0.25) is 4.79 Å². The summed E-state index contributed by atoms with van der Waals surface area (Å²) in [5.74, 6) is -3.39. The molecule has 0 bridgehead atoms. The Labute approximate surface area is 212 Å². The fraction of sp³-hybridized carbons (Fsp3) is 0.581. The number of Topliss-reactive ketones (excluding diaryl/α,β-unsaturated/α-hetero) is 1. The first-order valence-corrected chi connectivity index (χ1v) is 13.8. The minimum Gasteiger partial charge on any atom is -0.294 e. The highest BCUT2D eigenvalue weighted by Gasteiger charge is 2.34. The molecule has 196 valence electrons. The van der Waals surface area contributed by atoms with E-state index in [9.17, 15) is 22.4 Å². The van der Waals surface area contributed by atoms with Crippen LogP contribution in [-0.4, -0.2) is 5.78 Å². The summed E-state index contributed by atoms with van der Waals surface area (Å²) in [7, 11) is 0. The van der Waals surface area contributed by atoms with Crippen LogP contribution in [0.15, 0.2) is 24.3 Å². The summed E-state index contributed by atoms with van der Waals surface area (Å²) < 4.78 is 58.2. The third-order valence-corrected chi connectivity index (χ3v) is 8.83. The van der Waals surface area contributed by atoms with Gasteiger partial charge in [-0.25, -0.2) is 17.6 Å². The number of unbranched alkanes of at least 4 members (excludes halogenated alkanes) is 2. The number of hydrogen-bond donors (Lipinski definition) is 0. The molecule has 36 heavy (non-hydrogen) atoms. The van der Waals surface area contributed by atoms with Crippen LogP contribution in [0.1, 0.15) is 99.9 Å². The zero-order valence-electron chi connectivity index (χ0n) is 21.5. The molecule has 0 radical (unpaired) electrons. The summed E-state index contributed by atoms with van der Waals surface area (Å²) in [5.41, 5.74) is -0.941. The monoisotopic (exact) mass is 502 g/mol. The quantitative estimate of drug-likeness (QED) is 0.199. The zero-order chi connectivity index (χ0) is 25.8. The Hall–Kier alpha value is -2.17. The van der Waals surface area contributed by atoms with Crippen molar-refractivity contribution in [1.29, 1.82) is 0 Å². The van der Waals surface area contributed by atoms with E-state index < -0.39 is 23.3 Å². The first kappa shape index (κ1) is 26.9. The van der Waals surface area contributed by atoms with Crippen LogP contribution in [0.4, 0.5) is 17.6 Å². The summed E-state index contributed by atoms with van der Waals surface area (Å²) in [6.45, 7) is 3.64. The maximum absolute atomic E-state index is 15.0. The van der Waals surface area contributed by atoms with Gasteiger partial charge in [0.1, 0.15) is 0 Å². The van der Waals surface area contributed by atoms with Crippen molar-refractivity contribution in [2.45, 2.75) is 90.9 Å². The van der Waals surface area contributed by atoms with Gasteiger partial charge >= 0.3 is 0 Å². The number of benzene rings is 2. The van der Waals surface area contributed by atoms with E-state index >= 15 is 0 Å². The zero-order valence-corrected chi connectivity index (χ0v) is 21.5. The predicted octanol–water partition coefficient (Wildman–Crippen LogP) is 9.59. The molecule has 0 unspecified atom stereocenters. The molecule has 2 aliphatic carbocycles. The van der Waals surface area contributed by atoms with Gasteiger partial charge in [0, 0.05) is 17.0 Å². The van der Waals surface area contributed by atoms with Gasteiger partial charge in [0.2, 0.25) is 0 Å². The summed E-state index contributed by atoms with van der Waals surface area (Å²) in [6, 6.07) is 4.96. The molecule has 1 nitrogen and oxygen atoms in total. The average molecular weight is 503 g/mol. The van der Waals surface area contributed by atoms with Crippen molar-refractivity contribution in [3.63, 3.8) is 0 Å². The van der Waals surface area contributed by atoms with Gasteiger partial charge in [0.05, 0.1) is 5.56 Å². The number of halogens is 4. The van der Waals surface area contributed by atoms with Crippen molar-refractivity contribution in [2.75, 3.05) is 0 Å². The normalized spacial score (nSPS) is 24.6. The molecule has 4 rings (SSSR count). The molecule has 0 aromatic heterocycles. The van der Waals surface area contributed by atoms with Crippen LogP contribution in [0.3, 0.4) is 0 Å². The molecule has 2 aliphatic rings. The molecule has 0 atom stereocenters. The third-order valence-electron chi connectivity index (χ3n) is 8.83. The second kappa shape index (κ2) is 11.9. The number of aryl methyl sites for hydroxylation is 1. The van der Waals surface area contributed by atoms with Crippen LogP contribution in [0.5, 0.6) is 0 Å². The molecule has 0 amide bonds. The Morgan fingerprint density at radius 1 is 0.722 bits per heavy atom. The Morgan fingerprint density at radius 2 is 1.28 bits per heavy atom. The number of carbonyl (C=O) groups is 1. The summed E-state index contributed by atoms with van der Waals surface area (Å²) in [6.07, 6.45) is 13.8. The average Bonchev–Trinajstić information content (AvgIpc) is 2.90. The smallest absolute Gasteiger partial charge is 0.170 e. The van der Waals surface area contributed by atoms with Gasteiger partial charge in [0.25, 0.3) is 0 Å². The molecule has 2 fully saturated rings. The van der Waals surface area contributed by atoms with Crippen molar-refractivity contribution in [3.05, 3.63) is 58.7 Å². The summed E-state index contributed by atoms with van der Waals surface area (Å²) in [4.78, 5) is 13.1. The highest BCUT2D eigenvalue weighted by atomic mass is 19.2. The molecular formula is C31H38F4O. The Bertz CT molecular complexity index is 1060. The van der Waals surface area contributed by atoms with Crippen LogP contribution in [0, 0.1) is 53.9 Å². The Kier molecular flexibility index (Phi) is 8.90. The topological polar surface area (TPSA) is 17.1 Å². The minimum absolute atomic E-state index is 0.0829. The van der Waals surface area contributed by atoms with Gasteiger partial charge in [-0.05, 0) is 74.8 Å². The van der Waals surface area contributed by atoms with E-state index in [4.69, 9.17) is 0 Å². The van der Waals surface area contributed by atoms with Gasteiger partial charge in [-0.2, -0.15) is 0 Å². The first-order valence-electron chi connectivity index (χ1n) is 13.8. The molecule has 0 heterocycles. The predicted molar refractivity (Wildman–Crippen MR) is 136 cm³/mol. The Balaban J connectivity index is 1.36. The fourth-order valence-corrected chi connectivity index (χ4v) is 6.51. The highest BCUT2D eigenvalue weighted by molar-refractivity contribution is 5.98. The SMILES string of the molecule is CCCCCC1CCC(C2CCC(C(=O)c3ccc(-c4ccc(C)c(F)c4F)c(F)c3F)CC2)CC1. The third kappa shape index (κ3) is 5.70. The van der Waals surface area contributed by atoms with Crippen molar-refractivity contribution in [1.82, 2.24) is 0 Å². The second-order valence-electron chi connectivity index (χ2n) is 11.1. The molecule has 0 saturated heterocycles. The van der Waals surface area contributed by atoms with Gasteiger partial charge in [-0.15, -0.1) is 0 Å². The van der Waals surface area contributed by atoms with Gasteiger partial charge in [-0.1, -0.05) is 63.6 Å². The van der Waals surface area contributed by atoms with E-state index in [0.717, 1.165) is 24.7 Å².